The minimum absolute atomic E-state index is 0.00794. The normalized spacial score (nSPS) is 13.7. The van der Waals surface area contributed by atoms with E-state index in [4.69, 9.17) is 11.6 Å². The van der Waals surface area contributed by atoms with Gasteiger partial charge in [-0.2, -0.15) is 13.2 Å². The third kappa shape index (κ3) is 7.00. The maximum atomic E-state index is 12.2. The van der Waals surface area contributed by atoms with E-state index in [2.05, 4.69) is 21.2 Å². The van der Waals surface area contributed by atoms with E-state index in [-0.39, 0.29) is 12.6 Å². The average molecular weight is 388 g/mol. The number of nitrogens with zero attached hydrogens (tertiary/aromatic N) is 1. The summed E-state index contributed by atoms with van der Waals surface area (Å²) in [5.74, 6) is 0. The summed E-state index contributed by atoms with van der Waals surface area (Å²) in [6, 6.07) is 5.65. The van der Waals surface area contributed by atoms with Crippen LogP contribution in [0.2, 0.25) is 5.02 Å². The molecule has 0 aliphatic heterocycles. The third-order valence-electron chi connectivity index (χ3n) is 3.26. The van der Waals surface area contributed by atoms with Crippen LogP contribution in [0, 0.1) is 0 Å². The minimum Gasteiger partial charge on any atom is -0.313 e. The van der Waals surface area contributed by atoms with E-state index in [0.29, 0.717) is 18.0 Å². The molecule has 0 spiro atoms. The van der Waals surface area contributed by atoms with Crippen molar-refractivity contribution < 1.29 is 13.2 Å². The van der Waals surface area contributed by atoms with E-state index in [9.17, 15) is 13.2 Å². The molecule has 0 heterocycles. The molecule has 1 N–H and O–H groups in total. The summed E-state index contributed by atoms with van der Waals surface area (Å²) in [7, 11) is 3.51. The molecule has 120 valence electrons. The van der Waals surface area contributed by atoms with Crippen molar-refractivity contribution in [2.45, 2.75) is 25.1 Å². The molecule has 1 aromatic rings. The summed E-state index contributed by atoms with van der Waals surface area (Å²) in [4.78, 5) is 1.69. The first kappa shape index (κ1) is 18.7. The fraction of sp³-hybridized carbons (Fsp3) is 0.571. The Morgan fingerprint density at radius 2 is 2.00 bits per heavy atom. The van der Waals surface area contributed by atoms with Gasteiger partial charge in [-0.05, 0) is 44.8 Å². The van der Waals surface area contributed by atoms with E-state index >= 15 is 0 Å². The highest BCUT2D eigenvalue weighted by Gasteiger charge is 2.27. The van der Waals surface area contributed by atoms with Crippen LogP contribution in [0.5, 0.6) is 0 Å². The lowest BCUT2D eigenvalue weighted by Gasteiger charge is -2.23. The number of hydrogen-bond donors (Lipinski definition) is 1. The first-order valence-corrected chi connectivity index (χ1v) is 7.77. The Morgan fingerprint density at radius 1 is 1.33 bits per heavy atom. The van der Waals surface area contributed by atoms with Crippen molar-refractivity contribution in [1.82, 2.24) is 10.2 Å². The van der Waals surface area contributed by atoms with Crippen LogP contribution in [0.1, 0.15) is 24.4 Å². The Morgan fingerprint density at radius 3 is 2.52 bits per heavy atom. The third-order valence-corrected chi connectivity index (χ3v) is 4.08. The number of rotatable bonds is 7. The molecule has 0 aliphatic rings. The molecule has 0 aliphatic carbocycles. The highest BCUT2D eigenvalue weighted by molar-refractivity contribution is 9.10. The van der Waals surface area contributed by atoms with Gasteiger partial charge in [-0.1, -0.05) is 33.6 Å². The summed E-state index contributed by atoms with van der Waals surface area (Å²) in [6.45, 7) is 0.571. The topological polar surface area (TPSA) is 15.3 Å². The molecule has 0 saturated heterocycles. The second kappa shape index (κ2) is 8.36. The molecule has 0 aromatic heterocycles. The Balaban J connectivity index is 2.54. The maximum absolute atomic E-state index is 12.2. The Labute approximate surface area is 136 Å². The van der Waals surface area contributed by atoms with Crippen molar-refractivity contribution in [1.29, 1.82) is 0 Å². The van der Waals surface area contributed by atoms with Crippen molar-refractivity contribution in [2.75, 3.05) is 27.2 Å². The van der Waals surface area contributed by atoms with Crippen molar-refractivity contribution in [2.24, 2.45) is 0 Å². The van der Waals surface area contributed by atoms with Crippen LogP contribution in [-0.2, 0) is 0 Å². The molecule has 1 rings (SSSR count). The zero-order chi connectivity index (χ0) is 16.0. The molecule has 1 atom stereocenters. The first-order chi connectivity index (χ1) is 9.73. The molecule has 0 radical (unpaired) electrons. The fourth-order valence-corrected chi connectivity index (χ4v) is 2.82. The molecular weight excluding hydrogens is 369 g/mol. The van der Waals surface area contributed by atoms with E-state index in [1.807, 2.05) is 25.2 Å². The van der Waals surface area contributed by atoms with Gasteiger partial charge in [0.15, 0.2) is 0 Å². The standard InChI is InChI=1S/C14H19BrClF3N2/c1-20-13(11-4-3-10(15)9-12(11)16)5-7-21(2)8-6-14(17,18)19/h3-4,9,13,20H,5-8H2,1-2H3. The molecule has 0 fully saturated rings. The van der Waals surface area contributed by atoms with Crippen LogP contribution in [0.15, 0.2) is 22.7 Å². The smallest absolute Gasteiger partial charge is 0.313 e. The molecule has 21 heavy (non-hydrogen) atoms. The van der Waals surface area contributed by atoms with Gasteiger partial charge in [0.05, 0.1) is 6.42 Å². The van der Waals surface area contributed by atoms with Gasteiger partial charge in [-0.3, -0.25) is 0 Å². The number of nitrogens with one attached hydrogen (secondary N) is 1. The lowest BCUT2D eigenvalue weighted by molar-refractivity contribution is -0.137. The quantitative estimate of drug-likeness (QED) is 0.733. The summed E-state index contributed by atoms with van der Waals surface area (Å²) in [5, 5.41) is 3.80. The van der Waals surface area contributed by atoms with Crippen LogP contribution < -0.4 is 5.32 Å². The lowest BCUT2D eigenvalue weighted by Crippen LogP contribution is -2.28. The lowest BCUT2D eigenvalue weighted by atomic mass is 10.0. The second-order valence-corrected chi connectivity index (χ2v) is 6.29. The summed E-state index contributed by atoms with van der Waals surface area (Å²) >= 11 is 9.56. The molecular formula is C14H19BrClF3N2. The van der Waals surface area contributed by atoms with Crippen molar-refractivity contribution in [3.8, 4) is 0 Å². The number of hydrogen-bond acceptors (Lipinski definition) is 2. The minimum atomic E-state index is -4.11. The van der Waals surface area contributed by atoms with Gasteiger partial charge in [-0.25, -0.2) is 0 Å². The Hall–Kier alpha value is -0.300. The van der Waals surface area contributed by atoms with Gasteiger partial charge in [-0.15, -0.1) is 0 Å². The molecule has 0 saturated carbocycles. The van der Waals surface area contributed by atoms with E-state index in [1.54, 1.807) is 11.9 Å². The average Bonchev–Trinajstić information content (AvgIpc) is 2.38. The monoisotopic (exact) mass is 386 g/mol. The summed E-state index contributed by atoms with van der Waals surface area (Å²) in [5.41, 5.74) is 0.951. The fourth-order valence-electron chi connectivity index (χ4n) is 2.02. The number of alkyl halides is 3. The zero-order valence-electron chi connectivity index (χ0n) is 12.0. The number of benzene rings is 1. The van der Waals surface area contributed by atoms with Crippen molar-refractivity contribution >= 4 is 27.5 Å². The molecule has 7 heteroatoms. The summed E-state index contributed by atoms with van der Waals surface area (Å²) < 4.78 is 37.4. The van der Waals surface area contributed by atoms with Gasteiger partial charge in [0, 0.05) is 22.1 Å². The largest absolute Gasteiger partial charge is 0.390 e. The van der Waals surface area contributed by atoms with Crippen molar-refractivity contribution in [3.63, 3.8) is 0 Å². The van der Waals surface area contributed by atoms with E-state index in [0.717, 1.165) is 10.0 Å². The van der Waals surface area contributed by atoms with Gasteiger partial charge < -0.3 is 10.2 Å². The zero-order valence-corrected chi connectivity index (χ0v) is 14.3. The van der Waals surface area contributed by atoms with Gasteiger partial charge >= 0.3 is 6.18 Å². The second-order valence-electron chi connectivity index (χ2n) is 4.96. The SMILES string of the molecule is CNC(CCN(C)CCC(F)(F)F)c1ccc(Br)cc1Cl. The maximum Gasteiger partial charge on any atom is 0.390 e. The molecule has 1 aromatic carbocycles. The summed E-state index contributed by atoms with van der Waals surface area (Å²) in [6.07, 6.45) is -4.20. The first-order valence-electron chi connectivity index (χ1n) is 6.60. The van der Waals surface area contributed by atoms with E-state index in [1.165, 1.54) is 0 Å². The Bertz CT molecular complexity index is 454. The highest BCUT2D eigenvalue weighted by Crippen LogP contribution is 2.28. The molecule has 2 nitrogen and oxygen atoms in total. The van der Waals surface area contributed by atoms with Crippen LogP contribution in [-0.4, -0.2) is 38.3 Å². The molecule has 0 bridgehead atoms. The Kier molecular flexibility index (Phi) is 7.47. The van der Waals surface area contributed by atoms with Crippen LogP contribution in [0.3, 0.4) is 0 Å². The molecule has 0 amide bonds. The highest BCUT2D eigenvalue weighted by atomic mass is 79.9. The van der Waals surface area contributed by atoms with Crippen LogP contribution in [0.25, 0.3) is 0 Å². The van der Waals surface area contributed by atoms with Gasteiger partial charge in [0.25, 0.3) is 0 Å². The van der Waals surface area contributed by atoms with Gasteiger partial charge in [0.2, 0.25) is 0 Å². The molecule has 1 unspecified atom stereocenters. The van der Waals surface area contributed by atoms with Crippen LogP contribution in [0.4, 0.5) is 13.2 Å². The number of halogens is 5. The predicted molar refractivity (Wildman–Crippen MR) is 83.7 cm³/mol. The van der Waals surface area contributed by atoms with Crippen molar-refractivity contribution in [3.05, 3.63) is 33.3 Å². The van der Waals surface area contributed by atoms with Crippen LogP contribution >= 0.6 is 27.5 Å². The van der Waals surface area contributed by atoms with E-state index < -0.39 is 12.6 Å². The predicted octanol–water partition coefficient (Wildman–Crippen LogP) is 4.64. The van der Waals surface area contributed by atoms with Gasteiger partial charge in [0.1, 0.15) is 0 Å².